The zero-order valence-corrected chi connectivity index (χ0v) is 13.6. The van der Waals surface area contributed by atoms with Crippen molar-refractivity contribution in [1.29, 1.82) is 0 Å². The highest BCUT2D eigenvalue weighted by molar-refractivity contribution is 6.09. The van der Waals surface area contributed by atoms with Gasteiger partial charge in [0.05, 0.1) is 17.5 Å². The molecule has 6 heteroatoms. The van der Waals surface area contributed by atoms with Gasteiger partial charge in [0.2, 0.25) is 0 Å². The van der Waals surface area contributed by atoms with Crippen LogP contribution in [0.2, 0.25) is 0 Å². The quantitative estimate of drug-likeness (QED) is 0.901. The number of furan rings is 1. The largest absolute Gasteiger partial charge is 0.459 e. The van der Waals surface area contributed by atoms with E-state index in [4.69, 9.17) is 4.42 Å². The Morgan fingerprint density at radius 1 is 1.25 bits per heavy atom. The summed E-state index contributed by atoms with van der Waals surface area (Å²) in [6, 6.07) is 10.5. The van der Waals surface area contributed by atoms with Gasteiger partial charge in [-0.3, -0.25) is 9.59 Å². The summed E-state index contributed by atoms with van der Waals surface area (Å²) in [5.74, 6) is -0.220. The van der Waals surface area contributed by atoms with Gasteiger partial charge in [0.15, 0.2) is 5.76 Å². The molecule has 2 N–H and O–H groups in total. The molecule has 1 aliphatic rings. The van der Waals surface area contributed by atoms with Crippen LogP contribution in [0.15, 0.2) is 47.1 Å². The van der Waals surface area contributed by atoms with Crippen LogP contribution in [0.5, 0.6) is 0 Å². The Morgan fingerprint density at radius 3 is 2.79 bits per heavy atom. The minimum absolute atomic E-state index is 0.116. The van der Waals surface area contributed by atoms with Gasteiger partial charge in [-0.15, -0.1) is 0 Å². The first-order chi connectivity index (χ1) is 11.7. The summed E-state index contributed by atoms with van der Waals surface area (Å²) in [4.78, 5) is 26.5. The molecule has 1 fully saturated rings. The van der Waals surface area contributed by atoms with Crippen molar-refractivity contribution in [3.63, 3.8) is 0 Å². The molecular weight excluding hydrogens is 306 g/mol. The van der Waals surface area contributed by atoms with Gasteiger partial charge in [-0.1, -0.05) is 12.1 Å². The lowest BCUT2D eigenvalue weighted by Crippen LogP contribution is -2.46. The number of nitrogens with zero attached hydrogens (tertiary/aromatic N) is 1. The highest BCUT2D eigenvalue weighted by atomic mass is 16.3. The molecule has 2 aromatic rings. The molecule has 2 heterocycles. The molecule has 1 atom stereocenters. The Balaban J connectivity index is 1.79. The lowest BCUT2D eigenvalue weighted by molar-refractivity contribution is 0.0931. The van der Waals surface area contributed by atoms with Crippen LogP contribution in [0.4, 0.5) is 5.69 Å². The van der Waals surface area contributed by atoms with Crippen molar-refractivity contribution in [2.24, 2.45) is 0 Å². The molecule has 1 saturated heterocycles. The number of hydrogen-bond acceptors (Lipinski definition) is 4. The molecule has 1 aliphatic heterocycles. The number of carbonyl (C=O) groups excluding carboxylic acids is 2. The predicted octanol–water partition coefficient (Wildman–Crippen LogP) is 2.04. The molecule has 2 amide bonds. The molecular formula is C18H21N3O3. The van der Waals surface area contributed by atoms with Gasteiger partial charge in [0.25, 0.3) is 11.8 Å². The maximum Gasteiger partial charge on any atom is 0.293 e. The maximum atomic E-state index is 12.6. The Hall–Kier alpha value is -2.60. The van der Waals surface area contributed by atoms with Crippen LogP contribution in [0.1, 0.15) is 33.8 Å². The molecule has 6 nitrogen and oxygen atoms in total. The third-order valence-corrected chi connectivity index (χ3v) is 4.18. The van der Waals surface area contributed by atoms with E-state index in [2.05, 4.69) is 10.6 Å². The fourth-order valence-corrected chi connectivity index (χ4v) is 2.87. The number of amides is 2. The average molecular weight is 327 g/mol. The van der Waals surface area contributed by atoms with E-state index in [1.807, 2.05) is 0 Å². The first-order valence-electron chi connectivity index (χ1n) is 8.09. The van der Waals surface area contributed by atoms with E-state index in [0.29, 0.717) is 11.3 Å². The van der Waals surface area contributed by atoms with E-state index in [0.717, 1.165) is 25.9 Å². The highest BCUT2D eigenvalue weighted by Crippen LogP contribution is 2.21. The minimum atomic E-state index is -0.292. The first kappa shape index (κ1) is 16.3. The Morgan fingerprint density at radius 2 is 2.08 bits per heavy atom. The number of para-hydroxylation sites is 1. The Kier molecular flexibility index (Phi) is 4.96. The van der Waals surface area contributed by atoms with Gasteiger partial charge in [-0.25, -0.2) is 0 Å². The monoisotopic (exact) mass is 327 g/mol. The van der Waals surface area contributed by atoms with Gasteiger partial charge >= 0.3 is 0 Å². The van der Waals surface area contributed by atoms with Gasteiger partial charge < -0.3 is 20.0 Å². The van der Waals surface area contributed by atoms with Crippen molar-refractivity contribution in [1.82, 2.24) is 10.6 Å². The molecule has 1 unspecified atom stereocenters. The van der Waals surface area contributed by atoms with Crippen LogP contribution in [0, 0.1) is 0 Å². The number of rotatable bonds is 4. The van der Waals surface area contributed by atoms with E-state index < -0.39 is 0 Å². The van der Waals surface area contributed by atoms with Crippen molar-refractivity contribution in [3.05, 3.63) is 54.0 Å². The number of piperidine rings is 1. The zero-order chi connectivity index (χ0) is 16.9. The topological polar surface area (TPSA) is 74.6 Å². The summed E-state index contributed by atoms with van der Waals surface area (Å²) >= 11 is 0. The lowest BCUT2D eigenvalue weighted by Gasteiger charge is -2.25. The van der Waals surface area contributed by atoms with Crippen molar-refractivity contribution in [2.45, 2.75) is 18.9 Å². The van der Waals surface area contributed by atoms with Crippen molar-refractivity contribution < 1.29 is 14.0 Å². The third-order valence-electron chi connectivity index (χ3n) is 4.18. The normalized spacial score (nSPS) is 17.3. The number of anilines is 1. The molecule has 0 bridgehead atoms. The summed E-state index contributed by atoms with van der Waals surface area (Å²) in [5, 5.41) is 6.32. The van der Waals surface area contributed by atoms with Crippen LogP contribution < -0.4 is 15.5 Å². The number of benzene rings is 1. The van der Waals surface area contributed by atoms with Crippen LogP contribution in [0.25, 0.3) is 0 Å². The Bertz CT molecular complexity index is 706. The second-order valence-corrected chi connectivity index (χ2v) is 5.88. The molecule has 3 rings (SSSR count). The van der Waals surface area contributed by atoms with E-state index in [9.17, 15) is 9.59 Å². The molecule has 0 aliphatic carbocycles. The number of nitrogens with one attached hydrogen (secondary N) is 2. The molecule has 24 heavy (non-hydrogen) atoms. The fraction of sp³-hybridized carbons (Fsp3) is 0.333. The second kappa shape index (κ2) is 7.31. The van der Waals surface area contributed by atoms with Gasteiger partial charge in [0.1, 0.15) is 0 Å². The SMILES string of the molecule is CN(C(=O)c1ccco1)c1ccccc1C(=O)NC1CCCNC1. The second-order valence-electron chi connectivity index (χ2n) is 5.88. The summed E-state index contributed by atoms with van der Waals surface area (Å²) in [7, 11) is 1.64. The summed E-state index contributed by atoms with van der Waals surface area (Å²) in [6.45, 7) is 1.76. The highest BCUT2D eigenvalue weighted by Gasteiger charge is 2.23. The standard InChI is InChI=1S/C18H21N3O3/c1-21(18(23)16-9-5-11-24-16)15-8-3-2-7-14(15)17(22)20-13-6-4-10-19-12-13/h2-3,5,7-9,11,13,19H,4,6,10,12H2,1H3,(H,20,22). The van der Waals surface area contributed by atoms with E-state index in [1.54, 1.807) is 43.4 Å². The van der Waals surface area contributed by atoms with E-state index >= 15 is 0 Å². The van der Waals surface area contributed by atoms with E-state index in [1.165, 1.54) is 11.2 Å². The van der Waals surface area contributed by atoms with Gasteiger partial charge in [-0.05, 0) is 43.7 Å². The predicted molar refractivity (Wildman–Crippen MR) is 91.2 cm³/mol. The summed E-state index contributed by atoms with van der Waals surface area (Å²) in [5.41, 5.74) is 1.03. The van der Waals surface area contributed by atoms with Crippen LogP contribution in [-0.2, 0) is 0 Å². The summed E-state index contributed by atoms with van der Waals surface area (Å²) < 4.78 is 5.16. The Labute approximate surface area is 140 Å². The average Bonchev–Trinajstić information content (AvgIpc) is 3.16. The van der Waals surface area contributed by atoms with E-state index in [-0.39, 0.29) is 23.6 Å². The first-order valence-corrected chi connectivity index (χ1v) is 8.09. The maximum absolute atomic E-state index is 12.6. The summed E-state index contributed by atoms with van der Waals surface area (Å²) in [6.07, 6.45) is 3.46. The molecule has 126 valence electrons. The molecule has 1 aromatic heterocycles. The zero-order valence-electron chi connectivity index (χ0n) is 13.6. The van der Waals surface area contributed by atoms with Gasteiger partial charge in [0, 0.05) is 19.6 Å². The molecule has 1 aromatic carbocycles. The van der Waals surface area contributed by atoms with Gasteiger partial charge in [-0.2, -0.15) is 0 Å². The number of carbonyl (C=O) groups is 2. The smallest absolute Gasteiger partial charge is 0.293 e. The van der Waals surface area contributed by atoms with Crippen molar-refractivity contribution in [2.75, 3.05) is 25.0 Å². The fourth-order valence-electron chi connectivity index (χ4n) is 2.87. The molecule has 0 radical (unpaired) electrons. The number of hydrogen-bond donors (Lipinski definition) is 2. The lowest BCUT2D eigenvalue weighted by atomic mass is 10.1. The molecule has 0 saturated carbocycles. The third kappa shape index (κ3) is 3.49. The molecule has 0 spiro atoms. The van der Waals surface area contributed by atoms with Crippen LogP contribution >= 0.6 is 0 Å². The minimum Gasteiger partial charge on any atom is -0.459 e. The van der Waals surface area contributed by atoms with Crippen LogP contribution in [0.3, 0.4) is 0 Å². The van der Waals surface area contributed by atoms with Crippen molar-refractivity contribution >= 4 is 17.5 Å². The van der Waals surface area contributed by atoms with Crippen LogP contribution in [-0.4, -0.2) is 38.0 Å². The van der Waals surface area contributed by atoms with Crippen molar-refractivity contribution in [3.8, 4) is 0 Å².